The van der Waals surface area contributed by atoms with Gasteiger partial charge in [-0.05, 0) is 17.7 Å². The number of benzene rings is 2. The van der Waals surface area contributed by atoms with E-state index < -0.39 is 6.10 Å². The van der Waals surface area contributed by atoms with Crippen LogP contribution in [0.5, 0.6) is 0 Å². The molecule has 21 heavy (non-hydrogen) atoms. The molecule has 1 heterocycles. The van der Waals surface area contributed by atoms with E-state index in [1.165, 1.54) is 0 Å². The molecule has 0 aliphatic carbocycles. The van der Waals surface area contributed by atoms with Crippen molar-refractivity contribution in [3.05, 3.63) is 95.4 Å². The molecule has 104 valence electrons. The molecular formula is C18H14O3. The zero-order chi connectivity index (χ0) is 14.7. The first-order valence-electron chi connectivity index (χ1n) is 6.68. The number of ketones is 1. The monoisotopic (exact) mass is 278 g/mol. The molecule has 3 aromatic rings. The maximum Gasteiger partial charge on any atom is 0.228 e. The lowest BCUT2D eigenvalue weighted by atomic mass is 10.1. The van der Waals surface area contributed by atoms with Gasteiger partial charge in [-0.2, -0.15) is 0 Å². The van der Waals surface area contributed by atoms with Crippen LogP contribution in [0.25, 0.3) is 0 Å². The molecule has 0 aliphatic rings. The zero-order valence-corrected chi connectivity index (χ0v) is 11.3. The van der Waals surface area contributed by atoms with E-state index in [0.29, 0.717) is 11.3 Å². The van der Waals surface area contributed by atoms with E-state index >= 15 is 0 Å². The van der Waals surface area contributed by atoms with Crippen molar-refractivity contribution in [2.75, 3.05) is 0 Å². The zero-order valence-electron chi connectivity index (χ0n) is 11.3. The van der Waals surface area contributed by atoms with Crippen molar-refractivity contribution in [3.8, 4) is 0 Å². The van der Waals surface area contributed by atoms with Gasteiger partial charge in [-0.1, -0.05) is 60.7 Å². The number of carbonyl (C=O) groups is 1. The molecule has 3 heteroatoms. The lowest BCUT2D eigenvalue weighted by molar-refractivity contribution is 0.100. The van der Waals surface area contributed by atoms with Crippen LogP contribution in [0.3, 0.4) is 0 Å². The van der Waals surface area contributed by atoms with Crippen LogP contribution in [-0.4, -0.2) is 10.9 Å². The molecule has 1 atom stereocenters. The molecule has 0 amide bonds. The van der Waals surface area contributed by atoms with Crippen LogP contribution in [0.15, 0.2) is 77.2 Å². The molecule has 0 spiro atoms. The van der Waals surface area contributed by atoms with Gasteiger partial charge in [0.25, 0.3) is 0 Å². The summed E-state index contributed by atoms with van der Waals surface area (Å²) in [5.41, 5.74) is 1.29. The molecule has 3 rings (SSSR count). The Morgan fingerprint density at radius 3 is 2.14 bits per heavy atom. The predicted octanol–water partition coefficient (Wildman–Crippen LogP) is 3.59. The highest BCUT2D eigenvalue weighted by Crippen LogP contribution is 2.24. The first kappa shape index (κ1) is 13.3. The van der Waals surface area contributed by atoms with E-state index in [0.717, 1.165) is 5.56 Å². The Bertz CT molecular complexity index is 729. The third-order valence-corrected chi connectivity index (χ3v) is 3.27. The van der Waals surface area contributed by atoms with Gasteiger partial charge >= 0.3 is 0 Å². The first-order chi connectivity index (χ1) is 10.3. The lowest BCUT2D eigenvalue weighted by Crippen LogP contribution is -2.00. The Labute approximate surface area is 122 Å². The maximum atomic E-state index is 12.2. The van der Waals surface area contributed by atoms with Crippen molar-refractivity contribution in [2.24, 2.45) is 0 Å². The van der Waals surface area contributed by atoms with Gasteiger partial charge in [0, 0.05) is 5.56 Å². The van der Waals surface area contributed by atoms with E-state index in [-0.39, 0.29) is 11.5 Å². The minimum absolute atomic E-state index is 0.192. The molecule has 0 saturated heterocycles. The molecule has 0 fully saturated rings. The smallest absolute Gasteiger partial charge is 0.228 e. The molecule has 0 radical (unpaired) electrons. The highest BCUT2D eigenvalue weighted by atomic mass is 16.4. The van der Waals surface area contributed by atoms with Crippen LogP contribution >= 0.6 is 0 Å². The van der Waals surface area contributed by atoms with Gasteiger partial charge in [-0.3, -0.25) is 4.79 Å². The van der Waals surface area contributed by atoms with Gasteiger partial charge < -0.3 is 9.52 Å². The minimum atomic E-state index is -0.872. The molecule has 0 bridgehead atoms. The average Bonchev–Trinajstić information content (AvgIpc) is 3.05. The van der Waals surface area contributed by atoms with Gasteiger partial charge in [0.2, 0.25) is 5.78 Å². The molecule has 0 aliphatic heterocycles. The number of aliphatic hydroxyl groups is 1. The molecule has 2 aromatic carbocycles. The first-order valence-corrected chi connectivity index (χ1v) is 6.68. The number of hydrogen-bond donors (Lipinski definition) is 1. The van der Waals surface area contributed by atoms with Gasteiger partial charge in [-0.25, -0.2) is 0 Å². The van der Waals surface area contributed by atoms with Gasteiger partial charge in [0.1, 0.15) is 11.9 Å². The summed E-state index contributed by atoms with van der Waals surface area (Å²) >= 11 is 0. The SMILES string of the molecule is O=C(c1ccccc1)c1ccc(C(O)c2ccccc2)o1. The summed E-state index contributed by atoms with van der Waals surface area (Å²) in [4.78, 5) is 12.2. The van der Waals surface area contributed by atoms with Crippen LogP contribution in [0.1, 0.15) is 33.5 Å². The Kier molecular flexibility index (Phi) is 3.67. The summed E-state index contributed by atoms with van der Waals surface area (Å²) in [6.45, 7) is 0. The molecular weight excluding hydrogens is 264 g/mol. The van der Waals surface area contributed by atoms with Crippen LogP contribution in [0.4, 0.5) is 0 Å². The van der Waals surface area contributed by atoms with Gasteiger partial charge in [-0.15, -0.1) is 0 Å². The van der Waals surface area contributed by atoms with Crippen LogP contribution in [0.2, 0.25) is 0 Å². The fourth-order valence-corrected chi connectivity index (χ4v) is 2.15. The van der Waals surface area contributed by atoms with Gasteiger partial charge in [0.05, 0.1) is 0 Å². The topological polar surface area (TPSA) is 50.4 Å². The van der Waals surface area contributed by atoms with Crippen molar-refractivity contribution >= 4 is 5.78 Å². The summed E-state index contributed by atoms with van der Waals surface area (Å²) < 4.78 is 5.52. The second-order valence-electron chi connectivity index (χ2n) is 4.71. The van der Waals surface area contributed by atoms with E-state index in [1.54, 1.807) is 36.4 Å². The Morgan fingerprint density at radius 1 is 0.857 bits per heavy atom. The highest BCUT2D eigenvalue weighted by Gasteiger charge is 2.18. The largest absolute Gasteiger partial charge is 0.454 e. The van der Waals surface area contributed by atoms with E-state index in [4.69, 9.17) is 4.42 Å². The Hall–Kier alpha value is -2.65. The average molecular weight is 278 g/mol. The third kappa shape index (κ3) is 2.78. The number of rotatable bonds is 4. The third-order valence-electron chi connectivity index (χ3n) is 3.27. The van der Waals surface area contributed by atoms with Crippen LogP contribution < -0.4 is 0 Å². The summed E-state index contributed by atoms with van der Waals surface area (Å²) in [6.07, 6.45) is -0.872. The van der Waals surface area contributed by atoms with E-state index in [1.807, 2.05) is 36.4 Å². The summed E-state index contributed by atoms with van der Waals surface area (Å²) in [5, 5.41) is 10.3. The second kappa shape index (κ2) is 5.77. The second-order valence-corrected chi connectivity index (χ2v) is 4.71. The molecule has 1 aromatic heterocycles. The van der Waals surface area contributed by atoms with Gasteiger partial charge in [0.15, 0.2) is 5.76 Å². The predicted molar refractivity (Wildman–Crippen MR) is 79.1 cm³/mol. The lowest BCUT2D eigenvalue weighted by Gasteiger charge is -2.07. The number of hydrogen-bond acceptors (Lipinski definition) is 3. The number of aliphatic hydroxyl groups excluding tert-OH is 1. The molecule has 1 unspecified atom stereocenters. The summed E-state index contributed by atoms with van der Waals surface area (Å²) in [6, 6.07) is 21.3. The van der Waals surface area contributed by atoms with Crippen molar-refractivity contribution in [1.82, 2.24) is 0 Å². The Balaban J connectivity index is 1.85. The summed E-state index contributed by atoms with van der Waals surface area (Å²) in [5.74, 6) is 0.397. The number of carbonyl (C=O) groups excluding carboxylic acids is 1. The number of furan rings is 1. The minimum Gasteiger partial charge on any atom is -0.454 e. The van der Waals surface area contributed by atoms with Crippen molar-refractivity contribution in [3.63, 3.8) is 0 Å². The van der Waals surface area contributed by atoms with Crippen LogP contribution in [0, 0.1) is 0 Å². The summed E-state index contributed by atoms with van der Waals surface area (Å²) in [7, 11) is 0. The van der Waals surface area contributed by atoms with Crippen LogP contribution in [-0.2, 0) is 0 Å². The Morgan fingerprint density at radius 2 is 1.48 bits per heavy atom. The molecule has 1 N–H and O–H groups in total. The van der Waals surface area contributed by atoms with Crippen molar-refractivity contribution < 1.29 is 14.3 Å². The quantitative estimate of drug-likeness (QED) is 0.742. The standard InChI is InChI=1S/C18H14O3/c19-17(13-7-3-1-4-8-13)15-11-12-16(21-15)18(20)14-9-5-2-6-10-14/h1-12,17,19H. The normalized spacial score (nSPS) is 12.0. The fraction of sp³-hybridized carbons (Fsp3) is 0.0556. The van der Waals surface area contributed by atoms with Crippen molar-refractivity contribution in [2.45, 2.75) is 6.10 Å². The fourth-order valence-electron chi connectivity index (χ4n) is 2.15. The maximum absolute atomic E-state index is 12.2. The van der Waals surface area contributed by atoms with E-state index in [9.17, 15) is 9.90 Å². The molecule has 0 saturated carbocycles. The van der Waals surface area contributed by atoms with E-state index in [2.05, 4.69) is 0 Å². The highest BCUT2D eigenvalue weighted by molar-refractivity contribution is 6.07. The molecule has 3 nitrogen and oxygen atoms in total. The van der Waals surface area contributed by atoms with Crippen molar-refractivity contribution in [1.29, 1.82) is 0 Å².